The zero-order valence-electron chi connectivity index (χ0n) is 14.4. The van der Waals surface area contributed by atoms with Crippen molar-refractivity contribution in [3.05, 3.63) is 50.2 Å². The molecule has 0 bridgehead atoms. The average molecular weight is 364 g/mol. The lowest BCUT2D eigenvalue weighted by atomic mass is 10.1. The van der Waals surface area contributed by atoms with Crippen molar-refractivity contribution in [2.24, 2.45) is 0 Å². The summed E-state index contributed by atoms with van der Waals surface area (Å²) in [6.45, 7) is 4.10. The maximum absolute atomic E-state index is 12.2. The van der Waals surface area contributed by atoms with Gasteiger partial charge in [-0.25, -0.2) is 4.98 Å². The van der Waals surface area contributed by atoms with Crippen molar-refractivity contribution in [2.75, 3.05) is 13.7 Å². The summed E-state index contributed by atoms with van der Waals surface area (Å²) in [5.41, 5.74) is 2.58. The average Bonchev–Trinajstić information content (AvgIpc) is 2.58. The van der Waals surface area contributed by atoms with Gasteiger partial charge in [0.15, 0.2) is 11.5 Å². The topological polar surface area (TPSA) is 78.5 Å². The summed E-state index contributed by atoms with van der Waals surface area (Å²) in [5.74, 6) is 1.07. The number of phenols is 1. The van der Waals surface area contributed by atoms with Crippen molar-refractivity contribution in [3.8, 4) is 11.5 Å². The van der Waals surface area contributed by atoms with Gasteiger partial charge in [-0.1, -0.05) is 18.5 Å². The fourth-order valence-electron chi connectivity index (χ4n) is 3.17. The molecule has 1 aliphatic rings. The standard InChI is InChI=1S/C18H22ClN3O3/c1-3-4-16-20-14-10-22(6-5-12(14)18(24)21-16)9-11-7-13(19)17(23)15(8-11)25-2/h7-8,23H,3-6,9-10H2,1-2H3,(H,20,21,24). The molecule has 2 N–H and O–H groups in total. The van der Waals surface area contributed by atoms with Gasteiger partial charge in [0.05, 0.1) is 17.8 Å². The zero-order chi connectivity index (χ0) is 18.0. The van der Waals surface area contributed by atoms with Crippen LogP contribution in [0.15, 0.2) is 16.9 Å². The number of fused-ring (bicyclic) bond motifs is 1. The number of rotatable bonds is 5. The molecule has 2 heterocycles. The maximum atomic E-state index is 12.2. The molecule has 1 aromatic heterocycles. The van der Waals surface area contributed by atoms with Crippen LogP contribution in [-0.2, 0) is 25.9 Å². The normalized spacial score (nSPS) is 14.4. The molecule has 0 unspecified atom stereocenters. The van der Waals surface area contributed by atoms with E-state index in [1.807, 2.05) is 0 Å². The Hall–Kier alpha value is -2.05. The summed E-state index contributed by atoms with van der Waals surface area (Å²) in [4.78, 5) is 21.9. The lowest BCUT2D eigenvalue weighted by Crippen LogP contribution is -2.35. The Bertz CT molecular complexity index is 835. The minimum atomic E-state index is -0.0469. The Kier molecular flexibility index (Phi) is 5.30. The molecule has 0 fully saturated rings. The van der Waals surface area contributed by atoms with Crippen LogP contribution in [0.1, 0.15) is 36.0 Å². The molecule has 2 aromatic rings. The predicted octanol–water partition coefficient (Wildman–Crippen LogP) is 2.65. The summed E-state index contributed by atoms with van der Waals surface area (Å²) in [6.07, 6.45) is 2.39. The third-order valence-electron chi connectivity index (χ3n) is 4.40. The van der Waals surface area contributed by atoms with Crippen molar-refractivity contribution >= 4 is 11.6 Å². The number of hydrogen-bond donors (Lipinski definition) is 2. The third kappa shape index (κ3) is 3.80. The number of aryl methyl sites for hydroxylation is 1. The van der Waals surface area contributed by atoms with Gasteiger partial charge in [0.25, 0.3) is 5.56 Å². The number of nitrogens with one attached hydrogen (secondary N) is 1. The number of H-pyrrole nitrogens is 1. The summed E-state index contributed by atoms with van der Waals surface area (Å²) in [7, 11) is 1.50. The molecule has 0 saturated carbocycles. The van der Waals surface area contributed by atoms with Gasteiger partial charge in [0.2, 0.25) is 0 Å². The molecule has 134 valence electrons. The Morgan fingerprint density at radius 1 is 1.44 bits per heavy atom. The lowest BCUT2D eigenvalue weighted by molar-refractivity contribution is 0.239. The van der Waals surface area contributed by atoms with Crippen LogP contribution in [0.4, 0.5) is 0 Å². The van der Waals surface area contributed by atoms with Gasteiger partial charge in [0.1, 0.15) is 5.82 Å². The van der Waals surface area contributed by atoms with Crippen molar-refractivity contribution in [3.63, 3.8) is 0 Å². The highest BCUT2D eigenvalue weighted by Gasteiger charge is 2.21. The number of hydrogen-bond acceptors (Lipinski definition) is 5. The van der Waals surface area contributed by atoms with Crippen molar-refractivity contribution in [2.45, 2.75) is 39.3 Å². The first-order valence-corrected chi connectivity index (χ1v) is 8.78. The molecule has 0 atom stereocenters. The lowest BCUT2D eigenvalue weighted by Gasteiger charge is -2.28. The number of halogens is 1. The Balaban J connectivity index is 1.81. The minimum Gasteiger partial charge on any atom is -0.503 e. The van der Waals surface area contributed by atoms with Gasteiger partial charge in [-0.05, 0) is 30.5 Å². The first kappa shape index (κ1) is 17.8. The van der Waals surface area contributed by atoms with E-state index in [2.05, 4.69) is 21.8 Å². The summed E-state index contributed by atoms with van der Waals surface area (Å²) >= 11 is 6.07. The van der Waals surface area contributed by atoms with E-state index in [-0.39, 0.29) is 16.3 Å². The van der Waals surface area contributed by atoms with Crippen LogP contribution < -0.4 is 10.3 Å². The second-order valence-electron chi connectivity index (χ2n) is 6.28. The number of phenolic OH excluding ortho intramolecular Hbond substituents is 1. The van der Waals surface area contributed by atoms with Crippen molar-refractivity contribution in [1.29, 1.82) is 0 Å². The molecule has 0 radical (unpaired) electrons. The quantitative estimate of drug-likeness (QED) is 0.853. The summed E-state index contributed by atoms with van der Waals surface area (Å²) in [5, 5.41) is 10.1. The number of aromatic nitrogens is 2. The van der Waals surface area contributed by atoms with E-state index in [1.54, 1.807) is 12.1 Å². The van der Waals surface area contributed by atoms with E-state index >= 15 is 0 Å². The zero-order valence-corrected chi connectivity index (χ0v) is 15.2. The number of methoxy groups -OCH3 is 1. The van der Waals surface area contributed by atoms with Crippen LogP contribution >= 0.6 is 11.6 Å². The molecule has 0 amide bonds. The molecular formula is C18H22ClN3O3. The fraction of sp³-hybridized carbons (Fsp3) is 0.444. The van der Waals surface area contributed by atoms with Crippen LogP contribution in [0, 0.1) is 0 Å². The Morgan fingerprint density at radius 3 is 2.96 bits per heavy atom. The molecule has 25 heavy (non-hydrogen) atoms. The van der Waals surface area contributed by atoms with Crippen molar-refractivity contribution in [1.82, 2.24) is 14.9 Å². The smallest absolute Gasteiger partial charge is 0.254 e. The van der Waals surface area contributed by atoms with Gasteiger partial charge in [0, 0.05) is 31.6 Å². The third-order valence-corrected chi connectivity index (χ3v) is 4.69. The number of aromatic hydroxyl groups is 1. The number of aromatic amines is 1. The molecule has 6 nitrogen and oxygen atoms in total. The molecule has 3 rings (SSSR count). The molecule has 1 aliphatic heterocycles. The van der Waals surface area contributed by atoms with Gasteiger partial charge >= 0.3 is 0 Å². The van der Waals surface area contributed by atoms with E-state index in [0.717, 1.165) is 42.0 Å². The monoisotopic (exact) mass is 363 g/mol. The highest BCUT2D eigenvalue weighted by atomic mass is 35.5. The Morgan fingerprint density at radius 2 is 2.24 bits per heavy atom. The minimum absolute atomic E-state index is 0.0116. The molecular weight excluding hydrogens is 342 g/mol. The van der Waals surface area contributed by atoms with Crippen molar-refractivity contribution < 1.29 is 9.84 Å². The van der Waals surface area contributed by atoms with Crippen LogP contribution in [0.2, 0.25) is 5.02 Å². The second-order valence-corrected chi connectivity index (χ2v) is 6.68. The maximum Gasteiger partial charge on any atom is 0.254 e. The highest BCUT2D eigenvalue weighted by molar-refractivity contribution is 6.32. The molecule has 0 saturated heterocycles. The first-order chi connectivity index (χ1) is 12.0. The van der Waals surface area contributed by atoms with E-state index < -0.39 is 0 Å². The molecule has 7 heteroatoms. The number of ether oxygens (including phenoxy) is 1. The van der Waals surface area contributed by atoms with E-state index in [9.17, 15) is 9.90 Å². The van der Waals surface area contributed by atoms with E-state index in [1.165, 1.54) is 7.11 Å². The summed E-state index contributed by atoms with van der Waals surface area (Å²) in [6, 6.07) is 3.52. The van der Waals surface area contributed by atoms with Crippen LogP contribution in [0.3, 0.4) is 0 Å². The first-order valence-electron chi connectivity index (χ1n) is 8.40. The SMILES string of the molecule is CCCc1nc2c(c(=O)[nH]1)CCN(Cc1cc(Cl)c(O)c(OC)c1)C2. The largest absolute Gasteiger partial charge is 0.503 e. The fourth-order valence-corrected chi connectivity index (χ4v) is 3.40. The number of benzene rings is 1. The molecule has 0 spiro atoms. The summed E-state index contributed by atoms with van der Waals surface area (Å²) < 4.78 is 5.16. The van der Waals surface area contributed by atoms with Crippen LogP contribution in [0.5, 0.6) is 11.5 Å². The van der Waals surface area contributed by atoms with Gasteiger partial charge in [-0.2, -0.15) is 0 Å². The van der Waals surface area contributed by atoms with E-state index in [4.69, 9.17) is 16.3 Å². The predicted molar refractivity (Wildman–Crippen MR) is 96.3 cm³/mol. The molecule has 1 aromatic carbocycles. The van der Waals surface area contributed by atoms with Crippen LogP contribution in [-0.4, -0.2) is 33.6 Å². The molecule has 0 aliphatic carbocycles. The second kappa shape index (κ2) is 7.45. The van der Waals surface area contributed by atoms with Crippen LogP contribution in [0.25, 0.3) is 0 Å². The van der Waals surface area contributed by atoms with Gasteiger partial charge < -0.3 is 14.8 Å². The van der Waals surface area contributed by atoms with Gasteiger partial charge in [-0.3, -0.25) is 9.69 Å². The Labute approximate surface area is 151 Å². The number of nitrogens with zero attached hydrogens (tertiary/aromatic N) is 2. The van der Waals surface area contributed by atoms with Gasteiger partial charge in [-0.15, -0.1) is 0 Å². The van der Waals surface area contributed by atoms with E-state index in [0.29, 0.717) is 25.3 Å². The highest BCUT2D eigenvalue weighted by Crippen LogP contribution is 2.35.